The van der Waals surface area contributed by atoms with E-state index in [4.69, 9.17) is 0 Å². The molecule has 0 aliphatic rings. The molecule has 0 fully saturated rings. The molecule has 1 rings (SSSR count). The molecule has 0 amide bonds. The zero-order chi connectivity index (χ0) is 15.6. The van der Waals surface area contributed by atoms with Crippen LogP contribution in [0, 0.1) is 0 Å². The van der Waals surface area contributed by atoms with Crippen LogP contribution in [0.15, 0.2) is 24.3 Å². The molecule has 1 aromatic rings. The van der Waals surface area contributed by atoms with Gasteiger partial charge in [-0.05, 0) is 31.9 Å². The molecule has 0 atom stereocenters. The highest BCUT2D eigenvalue weighted by Crippen LogP contribution is 2.16. The maximum Gasteiger partial charge on any atom is 0.216 e. The minimum Gasteiger partial charge on any atom is -0.229 e. The lowest BCUT2D eigenvalue weighted by atomic mass is 10.1. The summed E-state index contributed by atoms with van der Waals surface area (Å²) in [4.78, 5) is 0. The molecule has 0 aliphatic carbocycles. The Morgan fingerprint density at radius 3 is 1.80 bits per heavy atom. The third-order valence-corrected chi connectivity index (χ3v) is 4.79. The van der Waals surface area contributed by atoms with E-state index >= 15 is 0 Å². The van der Waals surface area contributed by atoms with Gasteiger partial charge in [-0.15, -0.1) is 0 Å². The summed E-state index contributed by atoms with van der Waals surface area (Å²) in [5.74, 6) is -0.385. The molecule has 0 bridgehead atoms. The van der Waals surface area contributed by atoms with Crippen molar-refractivity contribution in [2.24, 2.45) is 0 Å². The number of hydrogen-bond acceptors (Lipinski definition) is 4. The molecule has 0 radical (unpaired) electrons. The molecule has 0 aromatic heterocycles. The predicted molar refractivity (Wildman–Crippen MR) is 80.5 cm³/mol. The van der Waals surface area contributed by atoms with E-state index in [1.165, 1.54) is 0 Å². The van der Waals surface area contributed by atoms with Gasteiger partial charge in [0.2, 0.25) is 10.0 Å². The molecule has 0 heterocycles. The lowest BCUT2D eigenvalue weighted by Crippen LogP contribution is -2.41. The summed E-state index contributed by atoms with van der Waals surface area (Å²) in [6.45, 7) is 5.27. The molecule has 1 aromatic carbocycles. The Morgan fingerprint density at radius 2 is 1.40 bits per heavy atom. The minimum absolute atomic E-state index is 0.159. The van der Waals surface area contributed by atoms with Gasteiger partial charge in [-0.3, -0.25) is 0 Å². The number of rotatable bonds is 5. The van der Waals surface area contributed by atoms with Crippen LogP contribution in [0.25, 0.3) is 0 Å². The van der Waals surface area contributed by atoms with Crippen molar-refractivity contribution < 1.29 is 16.8 Å². The van der Waals surface area contributed by atoms with Gasteiger partial charge in [0.05, 0.1) is 11.5 Å². The molecular formula is C13H21NO4S2. The highest BCUT2D eigenvalue weighted by Gasteiger charge is 2.21. The number of sulfone groups is 1. The van der Waals surface area contributed by atoms with E-state index < -0.39 is 25.4 Å². The molecule has 0 spiro atoms. The Labute approximate surface area is 121 Å². The molecule has 7 heteroatoms. The molecule has 1 N–H and O–H groups in total. The van der Waals surface area contributed by atoms with Crippen molar-refractivity contribution in [2.75, 3.05) is 6.26 Å². The van der Waals surface area contributed by atoms with Crippen molar-refractivity contribution in [3.8, 4) is 0 Å². The highest BCUT2D eigenvalue weighted by atomic mass is 32.2. The maximum absolute atomic E-state index is 12.1. The van der Waals surface area contributed by atoms with Gasteiger partial charge < -0.3 is 0 Å². The van der Waals surface area contributed by atoms with Gasteiger partial charge >= 0.3 is 0 Å². The summed E-state index contributed by atoms with van der Waals surface area (Å²) in [5, 5.41) is 0. The van der Waals surface area contributed by atoms with Crippen molar-refractivity contribution in [1.29, 1.82) is 0 Å². The van der Waals surface area contributed by atoms with Crippen molar-refractivity contribution in [3.05, 3.63) is 35.4 Å². The molecule has 0 saturated heterocycles. The second kappa shape index (κ2) is 5.83. The van der Waals surface area contributed by atoms with E-state index in [0.717, 1.165) is 6.26 Å². The summed E-state index contributed by atoms with van der Waals surface area (Å²) < 4.78 is 49.5. The van der Waals surface area contributed by atoms with Gasteiger partial charge in [-0.2, -0.15) is 0 Å². The van der Waals surface area contributed by atoms with Crippen molar-refractivity contribution in [2.45, 2.75) is 37.8 Å². The summed E-state index contributed by atoms with van der Waals surface area (Å²) in [5.41, 5.74) is 0.467. The largest absolute Gasteiger partial charge is 0.229 e. The Hall–Kier alpha value is -0.920. The SMILES string of the molecule is CC(C)(C)NS(=O)(=O)Cc1ccccc1CS(C)(=O)=O. The standard InChI is InChI=1S/C13H21NO4S2/c1-13(2,3)14-20(17,18)10-12-8-6-5-7-11(12)9-19(4,15)16/h5-8,14H,9-10H2,1-4H3. The van der Waals surface area contributed by atoms with E-state index in [1.807, 2.05) is 0 Å². The van der Waals surface area contributed by atoms with Crippen molar-refractivity contribution in [3.63, 3.8) is 0 Å². The molecule has 20 heavy (non-hydrogen) atoms. The van der Waals surface area contributed by atoms with Gasteiger partial charge in [-0.1, -0.05) is 24.3 Å². The van der Waals surface area contributed by atoms with Crippen molar-refractivity contribution >= 4 is 19.9 Å². The minimum atomic E-state index is -3.52. The normalized spacial score (nSPS) is 13.4. The number of benzene rings is 1. The average molecular weight is 319 g/mol. The molecule has 0 unspecified atom stereocenters. The first-order chi connectivity index (χ1) is 8.88. The zero-order valence-corrected chi connectivity index (χ0v) is 13.8. The molecule has 0 saturated carbocycles. The summed E-state index contributed by atoms with van der Waals surface area (Å²) in [6, 6.07) is 6.69. The maximum atomic E-state index is 12.1. The molecule has 0 aliphatic heterocycles. The number of hydrogen-bond donors (Lipinski definition) is 1. The third-order valence-electron chi connectivity index (χ3n) is 2.34. The first kappa shape index (κ1) is 17.1. The van der Waals surface area contributed by atoms with Crippen LogP contribution in [0.4, 0.5) is 0 Å². The van der Waals surface area contributed by atoms with Crippen LogP contribution in [-0.4, -0.2) is 28.6 Å². The van der Waals surface area contributed by atoms with Crippen molar-refractivity contribution in [1.82, 2.24) is 4.72 Å². The van der Waals surface area contributed by atoms with Crippen LogP contribution >= 0.6 is 0 Å². The fourth-order valence-electron chi connectivity index (χ4n) is 1.83. The monoisotopic (exact) mass is 319 g/mol. The van der Waals surface area contributed by atoms with Crippen LogP contribution in [0.2, 0.25) is 0 Å². The third kappa shape index (κ3) is 6.49. The van der Waals surface area contributed by atoms with Crippen LogP contribution in [0.1, 0.15) is 31.9 Å². The Morgan fingerprint density at radius 1 is 0.950 bits per heavy atom. The van der Waals surface area contributed by atoms with Gasteiger partial charge in [0, 0.05) is 11.8 Å². The zero-order valence-electron chi connectivity index (χ0n) is 12.2. The molecular weight excluding hydrogens is 298 g/mol. The number of sulfonamides is 1. The second-order valence-corrected chi connectivity index (χ2v) is 9.81. The van der Waals surface area contributed by atoms with E-state index in [1.54, 1.807) is 45.0 Å². The summed E-state index contributed by atoms with van der Waals surface area (Å²) in [6.07, 6.45) is 1.13. The van der Waals surface area contributed by atoms with Gasteiger partial charge in [0.1, 0.15) is 0 Å². The summed E-state index contributed by atoms with van der Waals surface area (Å²) in [7, 11) is -6.72. The van der Waals surface area contributed by atoms with E-state index in [0.29, 0.717) is 11.1 Å². The van der Waals surface area contributed by atoms with Gasteiger partial charge in [0.25, 0.3) is 0 Å². The fourth-order valence-corrected chi connectivity index (χ4v) is 4.37. The average Bonchev–Trinajstić information content (AvgIpc) is 2.14. The Balaban J connectivity index is 3.04. The van der Waals surface area contributed by atoms with Crippen LogP contribution in [-0.2, 0) is 31.4 Å². The van der Waals surface area contributed by atoms with E-state index in [9.17, 15) is 16.8 Å². The smallest absolute Gasteiger partial charge is 0.216 e. The van der Waals surface area contributed by atoms with Gasteiger partial charge in [-0.25, -0.2) is 21.6 Å². The number of nitrogens with one attached hydrogen (secondary N) is 1. The van der Waals surface area contributed by atoms with Crippen LogP contribution in [0.5, 0.6) is 0 Å². The molecule has 114 valence electrons. The Kier molecular flexibility index (Phi) is 4.99. The first-order valence-corrected chi connectivity index (χ1v) is 9.85. The topological polar surface area (TPSA) is 80.3 Å². The highest BCUT2D eigenvalue weighted by molar-refractivity contribution is 7.90. The lowest BCUT2D eigenvalue weighted by molar-refractivity contribution is 0.491. The summed E-state index contributed by atoms with van der Waals surface area (Å²) >= 11 is 0. The quantitative estimate of drug-likeness (QED) is 0.891. The van der Waals surface area contributed by atoms with Crippen LogP contribution in [0.3, 0.4) is 0 Å². The fraction of sp³-hybridized carbons (Fsp3) is 0.538. The Bertz CT molecular complexity index is 671. The van der Waals surface area contributed by atoms with E-state index in [-0.39, 0.29) is 11.5 Å². The predicted octanol–water partition coefficient (Wildman–Crippen LogP) is 1.45. The van der Waals surface area contributed by atoms with Gasteiger partial charge in [0.15, 0.2) is 9.84 Å². The molecule has 5 nitrogen and oxygen atoms in total. The van der Waals surface area contributed by atoms with E-state index in [2.05, 4.69) is 4.72 Å². The van der Waals surface area contributed by atoms with Crippen LogP contribution < -0.4 is 4.72 Å². The first-order valence-electron chi connectivity index (χ1n) is 6.14. The lowest BCUT2D eigenvalue weighted by Gasteiger charge is -2.21. The second-order valence-electron chi connectivity index (χ2n) is 5.95.